The van der Waals surface area contributed by atoms with Crippen LogP contribution in [0.3, 0.4) is 0 Å². The van der Waals surface area contributed by atoms with Gasteiger partial charge in [0, 0.05) is 23.9 Å². The van der Waals surface area contributed by atoms with Gasteiger partial charge < -0.3 is 14.6 Å². The monoisotopic (exact) mass is 403 g/mol. The molecular formula is C20H25N3O4S. The van der Waals surface area contributed by atoms with E-state index >= 15 is 0 Å². The summed E-state index contributed by atoms with van der Waals surface area (Å²) in [7, 11) is 0. The Morgan fingerprint density at radius 1 is 1.29 bits per heavy atom. The SMILES string of the molecule is Cc1sc2nc([C@H](C)OC(=O)[C@@H]3CC(=O)N(C4CCCC4)C3)[nH]c(=O)c2c1C. The van der Waals surface area contributed by atoms with E-state index in [-0.39, 0.29) is 23.9 Å². The van der Waals surface area contributed by atoms with E-state index < -0.39 is 18.0 Å². The van der Waals surface area contributed by atoms with Crippen LogP contribution in [0.4, 0.5) is 0 Å². The van der Waals surface area contributed by atoms with E-state index in [0.717, 1.165) is 36.1 Å². The van der Waals surface area contributed by atoms with Crippen LogP contribution in [0.15, 0.2) is 4.79 Å². The van der Waals surface area contributed by atoms with Gasteiger partial charge in [-0.05, 0) is 39.2 Å². The number of H-pyrrole nitrogens is 1. The summed E-state index contributed by atoms with van der Waals surface area (Å²) >= 11 is 1.46. The Kier molecular flexibility index (Phi) is 4.99. The highest BCUT2D eigenvalue weighted by Gasteiger charge is 2.40. The molecule has 2 fully saturated rings. The molecule has 2 atom stereocenters. The fourth-order valence-corrected chi connectivity index (χ4v) is 5.29. The molecule has 0 spiro atoms. The molecule has 3 heterocycles. The zero-order valence-electron chi connectivity index (χ0n) is 16.4. The van der Waals surface area contributed by atoms with Crippen molar-refractivity contribution in [3.05, 3.63) is 26.6 Å². The van der Waals surface area contributed by atoms with Gasteiger partial charge in [-0.3, -0.25) is 14.4 Å². The van der Waals surface area contributed by atoms with Crippen molar-refractivity contribution in [2.75, 3.05) is 6.54 Å². The maximum absolute atomic E-state index is 12.6. The second-order valence-corrected chi connectivity index (χ2v) is 9.08. The van der Waals surface area contributed by atoms with Crippen LogP contribution in [0.25, 0.3) is 10.2 Å². The Bertz CT molecular complexity index is 989. The lowest BCUT2D eigenvalue weighted by molar-refractivity contribution is -0.153. The highest BCUT2D eigenvalue weighted by Crippen LogP contribution is 2.31. The number of thiophene rings is 1. The number of amides is 1. The Balaban J connectivity index is 1.47. The predicted octanol–water partition coefficient (Wildman–Crippen LogP) is 3.00. The molecule has 1 N–H and O–H groups in total. The van der Waals surface area contributed by atoms with Gasteiger partial charge in [0.1, 0.15) is 4.83 Å². The smallest absolute Gasteiger partial charge is 0.311 e. The third-order valence-electron chi connectivity index (χ3n) is 5.99. The van der Waals surface area contributed by atoms with Crippen molar-refractivity contribution in [1.29, 1.82) is 0 Å². The molecule has 8 heteroatoms. The minimum absolute atomic E-state index is 0.0407. The minimum Gasteiger partial charge on any atom is -0.454 e. The predicted molar refractivity (Wildman–Crippen MR) is 106 cm³/mol. The van der Waals surface area contributed by atoms with E-state index in [1.165, 1.54) is 11.3 Å². The van der Waals surface area contributed by atoms with E-state index in [1.54, 1.807) is 6.92 Å². The number of aromatic nitrogens is 2. The van der Waals surface area contributed by atoms with E-state index in [0.29, 0.717) is 22.6 Å². The van der Waals surface area contributed by atoms with Crippen molar-refractivity contribution in [3.8, 4) is 0 Å². The van der Waals surface area contributed by atoms with Crippen LogP contribution in [0.5, 0.6) is 0 Å². The molecule has 28 heavy (non-hydrogen) atoms. The molecular weight excluding hydrogens is 378 g/mol. The van der Waals surface area contributed by atoms with Crippen LogP contribution < -0.4 is 5.56 Å². The number of hydrogen-bond acceptors (Lipinski definition) is 6. The van der Waals surface area contributed by atoms with Gasteiger partial charge in [-0.25, -0.2) is 4.98 Å². The molecule has 2 aromatic heterocycles. The molecule has 1 aliphatic carbocycles. The number of likely N-dealkylation sites (tertiary alicyclic amines) is 1. The highest BCUT2D eigenvalue weighted by atomic mass is 32.1. The normalized spacial score (nSPS) is 21.6. The maximum Gasteiger partial charge on any atom is 0.311 e. The topological polar surface area (TPSA) is 92.4 Å². The number of rotatable bonds is 4. The lowest BCUT2D eigenvalue weighted by Gasteiger charge is -2.24. The van der Waals surface area contributed by atoms with Gasteiger partial charge >= 0.3 is 5.97 Å². The molecule has 1 aliphatic heterocycles. The summed E-state index contributed by atoms with van der Waals surface area (Å²) < 4.78 is 5.57. The number of nitrogens with zero attached hydrogens (tertiary/aromatic N) is 2. The number of nitrogens with one attached hydrogen (secondary N) is 1. The number of aromatic amines is 1. The molecule has 1 saturated heterocycles. The lowest BCUT2D eigenvalue weighted by Crippen LogP contribution is -2.35. The number of esters is 1. The summed E-state index contributed by atoms with van der Waals surface area (Å²) in [5.74, 6) is -0.470. The Morgan fingerprint density at radius 2 is 2.00 bits per heavy atom. The first-order valence-corrected chi connectivity index (χ1v) is 10.7. The van der Waals surface area contributed by atoms with Crippen LogP contribution in [0.2, 0.25) is 0 Å². The van der Waals surface area contributed by atoms with Gasteiger partial charge in [0.2, 0.25) is 5.91 Å². The zero-order valence-corrected chi connectivity index (χ0v) is 17.2. The number of hydrogen-bond donors (Lipinski definition) is 1. The highest BCUT2D eigenvalue weighted by molar-refractivity contribution is 7.18. The van der Waals surface area contributed by atoms with E-state index in [4.69, 9.17) is 4.74 Å². The largest absolute Gasteiger partial charge is 0.454 e. The second-order valence-electron chi connectivity index (χ2n) is 7.88. The molecule has 1 saturated carbocycles. The van der Waals surface area contributed by atoms with Gasteiger partial charge in [0.05, 0.1) is 11.3 Å². The summed E-state index contributed by atoms with van der Waals surface area (Å²) in [4.78, 5) is 48.2. The summed E-state index contributed by atoms with van der Waals surface area (Å²) in [6.07, 6.45) is 3.86. The summed E-state index contributed by atoms with van der Waals surface area (Å²) in [5, 5.41) is 0.596. The van der Waals surface area contributed by atoms with Crippen LogP contribution >= 0.6 is 11.3 Å². The average Bonchev–Trinajstić information content (AvgIpc) is 3.35. The fraction of sp³-hybridized carbons (Fsp3) is 0.600. The first-order valence-electron chi connectivity index (χ1n) is 9.85. The Morgan fingerprint density at radius 3 is 2.71 bits per heavy atom. The van der Waals surface area contributed by atoms with Gasteiger partial charge in [0.15, 0.2) is 11.9 Å². The van der Waals surface area contributed by atoms with E-state index in [1.807, 2.05) is 18.7 Å². The molecule has 4 rings (SSSR count). The fourth-order valence-electron chi connectivity index (χ4n) is 4.25. The number of carbonyl (C=O) groups excluding carboxylic acids is 2. The minimum atomic E-state index is -0.678. The van der Waals surface area contributed by atoms with Crippen molar-refractivity contribution in [3.63, 3.8) is 0 Å². The number of carbonyl (C=O) groups is 2. The van der Waals surface area contributed by atoms with E-state index in [2.05, 4.69) is 9.97 Å². The maximum atomic E-state index is 12.6. The van der Waals surface area contributed by atoms with Gasteiger partial charge in [-0.15, -0.1) is 11.3 Å². The zero-order chi connectivity index (χ0) is 20.0. The summed E-state index contributed by atoms with van der Waals surface area (Å²) in [6.45, 7) is 5.99. The van der Waals surface area contributed by atoms with Crippen molar-refractivity contribution in [2.24, 2.45) is 5.92 Å². The molecule has 150 valence electrons. The van der Waals surface area contributed by atoms with Crippen molar-refractivity contribution in [2.45, 2.75) is 65.0 Å². The number of aryl methyl sites for hydroxylation is 2. The third-order valence-corrected chi connectivity index (χ3v) is 7.09. The van der Waals surface area contributed by atoms with Crippen LogP contribution in [-0.4, -0.2) is 39.3 Å². The summed E-state index contributed by atoms with van der Waals surface area (Å²) in [5.41, 5.74) is 0.717. The summed E-state index contributed by atoms with van der Waals surface area (Å²) in [6, 6.07) is 0.272. The lowest BCUT2D eigenvalue weighted by atomic mass is 10.1. The first-order chi connectivity index (χ1) is 13.3. The molecule has 1 amide bonds. The van der Waals surface area contributed by atoms with Gasteiger partial charge in [-0.2, -0.15) is 0 Å². The van der Waals surface area contributed by atoms with Crippen LogP contribution in [-0.2, 0) is 14.3 Å². The average molecular weight is 404 g/mol. The Hall–Kier alpha value is -2.22. The second kappa shape index (κ2) is 7.31. The number of ether oxygens (including phenoxy) is 1. The van der Waals surface area contributed by atoms with Gasteiger partial charge in [0.25, 0.3) is 5.56 Å². The third kappa shape index (κ3) is 3.34. The molecule has 2 aliphatic rings. The molecule has 7 nitrogen and oxygen atoms in total. The molecule has 0 bridgehead atoms. The van der Waals surface area contributed by atoms with Crippen molar-refractivity contribution < 1.29 is 14.3 Å². The Labute approximate surface area is 167 Å². The molecule has 0 unspecified atom stereocenters. The quantitative estimate of drug-likeness (QED) is 0.792. The van der Waals surface area contributed by atoms with Gasteiger partial charge in [-0.1, -0.05) is 12.8 Å². The number of fused-ring (bicyclic) bond motifs is 1. The standard InChI is InChI=1S/C20H25N3O4S/c1-10-12(3)28-19-16(10)18(25)21-17(22-19)11(2)27-20(26)13-8-15(24)23(9-13)14-6-4-5-7-14/h11,13-14H,4-9H2,1-3H3,(H,21,22,25)/t11-,13+/m0/s1. The van der Waals surface area contributed by atoms with Crippen LogP contribution in [0.1, 0.15) is 61.4 Å². The molecule has 0 radical (unpaired) electrons. The molecule has 2 aromatic rings. The van der Waals surface area contributed by atoms with E-state index in [9.17, 15) is 14.4 Å². The van der Waals surface area contributed by atoms with Crippen molar-refractivity contribution in [1.82, 2.24) is 14.9 Å². The van der Waals surface area contributed by atoms with Crippen LogP contribution in [0, 0.1) is 19.8 Å². The van der Waals surface area contributed by atoms with Crippen molar-refractivity contribution >= 4 is 33.4 Å². The first kappa shape index (κ1) is 19.1. The molecule has 0 aromatic carbocycles.